The lowest BCUT2D eigenvalue weighted by molar-refractivity contribution is 0.0355. The molecule has 1 aromatic rings. The molecule has 0 amide bonds. The van der Waals surface area contributed by atoms with Gasteiger partial charge in [-0.25, -0.2) is 0 Å². The molecule has 0 aliphatic heterocycles. The van der Waals surface area contributed by atoms with Crippen LogP contribution in [0.2, 0.25) is 5.02 Å². The molecule has 1 rings (SSSR count). The van der Waals surface area contributed by atoms with Gasteiger partial charge in [0.15, 0.2) is 0 Å². The highest BCUT2D eigenvalue weighted by atomic mass is 35.5. The smallest absolute Gasteiger partial charge is 0.0949 e. The number of hydrogen-bond acceptors (Lipinski definition) is 2. The molecular weight excluding hydrogens is 234 g/mol. The predicted molar refractivity (Wildman–Crippen MR) is 73.5 cm³/mol. The lowest BCUT2D eigenvalue weighted by Crippen LogP contribution is -2.24. The Balaban J connectivity index is 2.67. The second kappa shape index (κ2) is 7.70. The van der Waals surface area contributed by atoms with E-state index in [1.54, 1.807) is 0 Å². The summed E-state index contributed by atoms with van der Waals surface area (Å²) in [6, 6.07) is 7.89. The van der Waals surface area contributed by atoms with E-state index in [0.29, 0.717) is 5.92 Å². The molecule has 0 aliphatic rings. The summed E-state index contributed by atoms with van der Waals surface area (Å²) >= 11 is 6.01. The van der Waals surface area contributed by atoms with Crippen LogP contribution in [0.15, 0.2) is 24.3 Å². The predicted octanol–water partition coefficient (Wildman–Crippen LogP) is 3.66. The van der Waals surface area contributed by atoms with Gasteiger partial charge in [0, 0.05) is 18.2 Å². The van der Waals surface area contributed by atoms with E-state index in [9.17, 15) is 0 Å². The highest BCUT2D eigenvalue weighted by molar-refractivity contribution is 6.30. The summed E-state index contributed by atoms with van der Waals surface area (Å²) in [6.45, 7) is 8.94. The van der Waals surface area contributed by atoms with Gasteiger partial charge in [-0.2, -0.15) is 0 Å². The Labute approximate surface area is 109 Å². The van der Waals surface area contributed by atoms with Crippen LogP contribution in [-0.2, 0) is 4.74 Å². The fraction of sp³-hybridized carbons (Fsp3) is 0.571. The van der Waals surface area contributed by atoms with E-state index in [0.717, 1.165) is 30.3 Å². The Morgan fingerprint density at radius 1 is 1.35 bits per heavy atom. The number of ether oxygens (including phenoxy) is 1. The molecule has 1 unspecified atom stereocenters. The van der Waals surface area contributed by atoms with Crippen LogP contribution in [0.1, 0.15) is 32.4 Å². The molecular formula is C14H22ClNO. The zero-order valence-electron chi connectivity index (χ0n) is 10.9. The first-order valence-electron chi connectivity index (χ1n) is 6.21. The van der Waals surface area contributed by atoms with Gasteiger partial charge in [-0.1, -0.05) is 44.5 Å². The van der Waals surface area contributed by atoms with Crippen molar-refractivity contribution in [1.29, 1.82) is 0 Å². The summed E-state index contributed by atoms with van der Waals surface area (Å²) in [4.78, 5) is 0. The van der Waals surface area contributed by atoms with Gasteiger partial charge in [0.25, 0.3) is 0 Å². The zero-order chi connectivity index (χ0) is 12.7. The van der Waals surface area contributed by atoms with Crippen molar-refractivity contribution < 1.29 is 4.74 Å². The van der Waals surface area contributed by atoms with Crippen molar-refractivity contribution in [3.05, 3.63) is 34.9 Å². The minimum atomic E-state index is 0.0797. The normalized spacial score (nSPS) is 13.0. The fourth-order valence-electron chi connectivity index (χ4n) is 1.56. The van der Waals surface area contributed by atoms with Gasteiger partial charge >= 0.3 is 0 Å². The summed E-state index contributed by atoms with van der Waals surface area (Å²) in [5.74, 6) is 0.540. The third kappa shape index (κ3) is 5.53. The van der Waals surface area contributed by atoms with Crippen molar-refractivity contribution in [2.24, 2.45) is 5.92 Å². The molecule has 96 valence electrons. The molecule has 0 heterocycles. The molecule has 0 aliphatic carbocycles. The maximum Gasteiger partial charge on any atom is 0.0949 e. The summed E-state index contributed by atoms with van der Waals surface area (Å²) in [5, 5.41) is 4.08. The summed E-state index contributed by atoms with van der Waals surface area (Å²) in [5.41, 5.74) is 1.14. The molecule has 17 heavy (non-hydrogen) atoms. The summed E-state index contributed by atoms with van der Waals surface area (Å²) in [7, 11) is 0. The van der Waals surface area contributed by atoms with E-state index in [-0.39, 0.29) is 6.10 Å². The van der Waals surface area contributed by atoms with Crippen LogP contribution in [0.4, 0.5) is 0 Å². The standard InChI is InChI=1S/C14H22ClNO/c1-4-16-9-14(17-10-11(2)3)12-6-5-7-13(15)8-12/h5-8,11,14,16H,4,9-10H2,1-3H3. The number of likely N-dealkylation sites (N-methyl/N-ethyl adjacent to an activating group) is 1. The van der Waals surface area contributed by atoms with Crippen molar-refractivity contribution in [3.63, 3.8) is 0 Å². The number of rotatable bonds is 7. The van der Waals surface area contributed by atoms with Crippen LogP contribution < -0.4 is 5.32 Å². The van der Waals surface area contributed by atoms with E-state index in [2.05, 4.69) is 32.2 Å². The second-order valence-corrected chi connectivity index (χ2v) is 5.01. The lowest BCUT2D eigenvalue weighted by atomic mass is 10.1. The minimum absolute atomic E-state index is 0.0797. The second-order valence-electron chi connectivity index (χ2n) is 4.58. The first-order chi connectivity index (χ1) is 8.13. The Hall–Kier alpha value is -0.570. The van der Waals surface area contributed by atoms with Crippen molar-refractivity contribution in [2.75, 3.05) is 19.7 Å². The third-order valence-electron chi connectivity index (χ3n) is 2.43. The molecule has 0 radical (unpaired) electrons. The fourth-order valence-corrected chi connectivity index (χ4v) is 1.76. The van der Waals surface area contributed by atoms with Crippen LogP contribution in [0.25, 0.3) is 0 Å². The van der Waals surface area contributed by atoms with Crippen LogP contribution in [0.3, 0.4) is 0 Å². The van der Waals surface area contributed by atoms with E-state index in [1.807, 2.05) is 18.2 Å². The van der Waals surface area contributed by atoms with Crippen LogP contribution >= 0.6 is 11.6 Å². The molecule has 0 aromatic heterocycles. The van der Waals surface area contributed by atoms with Crippen LogP contribution in [0, 0.1) is 5.92 Å². The molecule has 1 aromatic carbocycles. The van der Waals surface area contributed by atoms with Gasteiger partial charge in [0.1, 0.15) is 0 Å². The van der Waals surface area contributed by atoms with E-state index in [4.69, 9.17) is 16.3 Å². The van der Waals surface area contributed by atoms with Crippen molar-refractivity contribution >= 4 is 11.6 Å². The van der Waals surface area contributed by atoms with Gasteiger partial charge < -0.3 is 10.1 Å². The Morgan fingerprint density at radius 2 is 2.12 bits per heavy atom. The molecule has 1 N–H and O–H groups in total. The first-order valence-corrected chi connectivity index (χ1v) is 6.59. The maximum absolute atomic E-state index is 6.01. The van der Waals surface area contributed by atoms with E-state index in [1.165, 1.54) is 0 Å². The zero-order valence-corrected chi connectivity index (χ0v) is 11.6. The van der Waals surface area contributed by atoms with Crippen molar-refractivity contribution in [1.82, 2.24) is 5.32 Å². The SMILES string of the molecule is CCNCC(OCC(C)C)c1cccc(Cl)c1. The van der Waals surface area contributed by atoms with E-state index < -0.39 is 0 Å². The Morgan fingerprint density at radius 3 is 2.71 bits per heavy atom. The number of benzene rings is 1. The van der Waals surface area contributed by atoms with E-state index >= 15 is 0 Å². The topological polar surface area (TPSA) is 21.3 Å². The van der Waals surface area contributed by atoms with Gasteiger partial charge in [-0.05, 0) is 30.2 Å². The first kappa shape index (κ1) is 14.5. The molecule has 0 spiro atoms. The largest absolute Gasteiger partial charge is 0.372 e. The molecule has 3 heteroatoms. The third-order valence-corrected chi connectivity index (χ3v) is 2.67. The molecule has 0 fully saturated rings. The van der Waals surface area contributed by atoms with Crippen molar-refractivity contribution in [3.8, 4) is 0 Å². The highest BCUT2D eigenvalue weighted by Crippen LogP contribution is 2.21. The average molecular weight is 256 g/mol. The molecule has 0 bridgehead atoms. The van der Waals surface area contributed by atoms with Crippen LogP contribution in [0.5, 0.6) is 0 Å². The number of halogens is 1. The monoisotopic (exact) mass is 255 g/mol. The van der Waals surface area contributed by atoms with Gasteiger partial charge in [-0.3, -0.25) is 0 Å². The maximum atomic E-state index is 6.01. The lowest BCUT2D eigenvalue weighted by Gasteiger charge is -2.20. The van der Waals surface area contributed by atoms with Gasteiger partial charge in [-0.15, -0.1) is 0 Å². The Bertz CT molecular complexity index is 328. The highest BCUT2D eigenvalue weighted by Gasteiger charge is 2.12. The summed E-state index contributed by atoms with van der Waals surface area (Å²) in [6.07, 6.45) is 0.0797. The van der Waals surface area contributed by atoms with Gasteiger partial charge in [0.2, 0.25) is 0 Å². The van der Waals surface area contributed by atoms with Crippen molar-refractivity contribution in [2.45, 2.75) is 26.9 Å². The number of hydrogen-bond donors (Lipinski definition) is 1. The van der Waals surface area contributed by atoms with Gasteiger partial charge in [0.05, 0.1) is 6.10 Å². The summed E-state index contributed by atoms with van der Waals surface area (Å²) < 4.78 is 5.93. The minimum Gasteiger partial charge on any atom is -0.372 e. The quantitative estimate of drug-likeness (QED) is 0.803. The molecule has 0 saturated carbocycles. The molecule has 1 atom stereocenters. The number of nitrogens with one attached hydrogen (secondary N) is 1. The molecule has 0 saturated heterocycles. The van der Waals surface area contributed by atoms with Crippen LogP contribution in [-0.4, -0.2) is 19.7 Å². The molecule has 2 nitrogen and oxygen atoms in total. The Kier molecular flexibility index (Phi) is 6.56. The average Bonchev–Trinajstić information content (AvgIpc) is 2.29.